The van der Waals surface area contributed by atoms with E-state index in [1.54, 1.807) is 31.3 Å². The molecule has 14 heteroatoms. The predicted octanol–water partition coefficient (Wildman–Crippen LogP) is -0.400. The first-order valence-corrected chi connectivity index (χ1v) is 14.9. The summed E-state index contributed by atoms with van der Waals surface area (Å²) in [5, 5.41) is 14.1. The molecule has 2 saturated heterocycles. The molecule has 1 aromatic carbocycles. The van der Waals surface area contributed by atoms with Crippen molar-refractivity contribution in [2.24, 2.45) is 18.7 Å². The van der Waals surface area contributed by atoms with Crippen LogP contribution in [0, 0.1) is 5.92 Å². The highest BCUT2D eigenvalue weighted by Crippen LogP contribution is 2.32. The van der Waals surface area contributed by atoms with E-state index in [1.165, 1.54) is 13.9 Å². The van der Waals surface area contributed by atoms with Crippen LogP contribution in [0.2, 0.25) is 0 Å². The number of sulfonamides is 1. The molecule has 3 heterocycles. The molecule has 5 rings (SSSR count). The summed E-state index contributed by atoms with van der Waals surface area (Å²) >= 11 is 0. The van der Waals surface area contributed by atoms with Gasteiger partial charge in [0.2, 0.25) is 33.4 Å². The molecule has 3 fully saturated rings. The van der Waals surface area contributed by atoms with E-state index in [0.717, 1.165) is 12.8 Å². The standard InChI is InChI=1S/C25H34N8O5S/c1-31-24(28-29-30-31)23(35)22(17-7-9-18(26)10-8-17)27-25(36)20-12-11-19-13-32(14-21(34)33(19)20)39(37,38)15-16-5-3-2-4-6-16/h2-6,17-20,22H,7-15,26H2,1H3,(H,27,36)/t17?,18?,19-,20-,22?/m0/s1. The molecule has 3 N–H and O–H groups in total. The zero-order chi connectivity index (χ0) is 27.7. The van der Waals surface area contributed by atoms with E-state index in [2.05, 4.69) is 20.8 Å². The molecule has 2 aromatic rings. The number of benzene rings is 1. The number of piperazine rings is 1. The Bertz CT molecular complexity index is 1320. The van der Waals surface area contributed by atoms with Crippen molar-refractivity contribution in [2.45, 2.75) is 68.4 Å². The van der Waals surface area contributed by atoms with Gasteiger partial charge in [-0.05, 0) is 60.4 Å². The third kappa shape index (κ3) is 5.72. The topological polar surface area (TPSA) is 173 Å². The van der Waals surface area contributed by atoms with Gasteiger partial charge in [0, 0.05) is 25.7 Å². The maximum Gasteiger partial charge on any atom is 0.243 e. The first-order chi connectivity index (χ1) is 18.6. The van der Waals surface area contributed by atoms with Crippen molar-refractivity contribution in [3.63, 3.8) is 0 Å². The summed E-state index contributed by atoms with van der Waals surface area (Å²) in [6.07, 6.45) is 3.71. The average molecular weight is 559 g/mol. The summed E-state index contributed by atoms with van der Waals surface area (Å²) in [4.78, 5) is 41.7. The van der Waals surface area contributed by atoms with Gasteiger partial charge >= 0.3 is 0 Å². The number of rotatable bonds is 8. The minimum Gasteiger partial charge on any atom is -0.344 e. The normalized spacial score (nSPS) is 26.7. The second-order valence-electron chi connectivity index (χ2n) is 10.7. The largest absolute Gasteiger partial charge is 0.344 e. The Morgan fingerprint density at radius 2 is 1.82 bits per heavy atom. The first kappa shape index (κ1) is 27.3. The van der Waals surface area contributed by atoms with Gasteiger partial charge < -0.3 is 16.0 Å². The number of amides is 2. The predicted molar refractivity (Wildman–Crippen MR) is 139 cm³/mol. The number of nitrogens with zero attached hydrogens (tertiary/aromatic N) is 6. The van der Waals surface area contributed by atoms with Crippen molar-refractivity contribution in [1.29, 1.82) is 0 Å². The Hall–Kier alpha value is -3.23. The van der Waals surface area contributed by atoms with Crippen molar-refractivity contribution in [2.75, 3.05) is 13.1 Å². The lowest BCUT2D eigenvalue weighted by Gasteiger charge is -2.39. The number of ketones is 1. The molecular weight excluding hydrogens is 524 g/mol. The van der Waals surface area contributed by atoms with Gasteiger partial charge in [-0.15, -0.1) is 5.10 Å². The molecule has 3 atom stereocenters. The van der Waals surface area contributed by atoms with Crippen LogP contribution in [0.4, 0.5) is 0 Å². The van der Waals surface area contributed by atoms with Gasteiger partial charge in [-0.2, -0.15) is 4.31 Å². The lowest BCUT2D eigenvalue weighted by Crippen LogP contribution is -2.61. The fraction of sp³-hybridized carbons (Fsp3) is 0.600. The van der Waals surface area contributed by atoms with Gasteiger partial charge in [-0.25, -0.2) is 13.1 Å². The maximum atomic E-state index is 13.6. The number of nitrogens with two attached hydrogens (primary N) is 1. The van der Waals surface area contributed by atoms with Crippen LogP contribution < -0.4 is 11.1 Å². The van der Waals surface area contributed by atoms with E-state index in [9.17, 15) is 22.8 Å². The van der Waals surface area contributed by atoms with E-state index in [0.29, 0.717) is 31.2 Å². The zero-order valence-electron chi connectivity index (χ0n) is 21.8. The molecule has 39 heavy (non-hydrogen) atoms. The van der Waals surface area contributed by atoms with Crippen LogP contribution in [-0.2, 0) is 32.4 Å². The molecule has 2 amide bonds. The number of aromatic nitrogens is 4. The van der Waals surface area contributed by atoms with Crippen molar-refractivity contribution >= 4 is 27.6 Å². The van der Waals surface area contributed by atoms with Gasteiger partial charge in [-0.1, -0.05) is 30.3 Å². The third-order valence-corrected chi connectivity index (χ3v) is 9.88. The van der Waals surface area contributed by atoms with E-state index >= 15 is 0 Å². The maximum absolute atomic E-state index is 13.6. The SMILES string of the molecule is Cn1nnnc1C(=O)C(NC(=O)[C@@H]1CC[C@H]2CN(S(=O)(=O)Cc3ccccc3)CC(=O)N21)C1CCC(N)CC1. The van der Waals surface area contributed by atoms with Gasteiger partial charge in [0.1, 0.15) is 6.04 Å². The fourth-order valence-electron chi connectivity index (χ4n) is 6.02. The Morgan fingerprint density at radius 3 is 2.49 bits per heavy atom. The van der Waals surface area contributed by atoms with E-state index in [-0.39, 0.29) is 42.4 Å². The molecule has 210 valence electrons. The molecule has 0 spiro atoms. The Labute approximate surface area is 227 Å². The van der Waals surface area contributed by atoms with Gasteiger partial charge in [0.15, 0.2) is 0 Å². The molecule has 1 saturated carbocycles. The minimum atomic E-state index is -3.71. The number of carbonyl (C=O) groups excluding carboxylic acids is 3. The monoisotopic (exact) mass is 558 g/mol. The second kappa shape index (κ2) is 11.1. The highest BCUT2D eigenvalue weighted by molar-refractivity contribution is 7.88. The summed E-state index contributed by atoms with van der Waals surface area (Å²) in [6.45, 7) is -0.179. The fourth-order valence-corrected chi connectivity index (χ4v) is 7.52. The van der Waals surface area contributed by atoms with E-state index in [4.69, 9.17) is 5.73 Å². The molecule has 0 radical (unpaired) electrons. The summed E-state index contributed by atoms with van der Waals surface area (Å²) in [7, 11) is -2.15. The van der Waals surface area contributed by atoms with Crippen molar-refractivity contribution in [3.05, 3.63) is 41.7 Å². The number of hydrogen-bond donors (Lipinski definition) is 2. The summed E-state index contributed by atoms with van der Waals surface area (Å²) in [5.41, 5.74) is 6.71. The molecule has 1 aromatic heterocycles. The zero-order valence-corrected chi connectivity index (χ0v) is 22.7. The number of Topliss-reactive ketones (excluding diaryl/α,β-unsaturated/α-hetero) is 1. The summed E-state index contributed by atoms with van der Waals surface area (Å²) < 4.78 is 28.7. The van der Waals surface area contributed by atoms with Crippen LogP contribution in [0.15, 0.2) is 30.3 Å². The van der Waals surface area contributed by atoms with Crippen LogP contribution in [0.25, 0.3) is 0 Å². The van der Waals surface area contributed by atoms with Crippen molar-refractivity contribution in [3.8, 4) is 0 Å². The smallest absolute Gasteiger partial charge is 0.243 e. The number of aryl methyl sites for hydroxylation is 1. The number of fused-ring (bicyclic) bond motifs is 1. The number of carbonyl (C=O) groups is 3. The van der Waals surface area contributed by atoms with Crippen LogP contribution in [0.1, 0.15) is 54.7 Å². The van der Waals surface area contributed by atoms with E-state index in [1.807, 2.05) is 6.07 Å². The lowest BCUT2D eigenvalue weighted by atomic mass is 9.80. The highest BCUT2D eigenvalue weighted by Gasteiger charge is 2.48. The third-order valence-electron chi connectivity index (χ3n) is 8.11. The minimum absolute atomic E-state index is 0.0489. The Morgan fingerprint density at radius 1 is 1.10 bits per heavy atom. The summed E-state index contributed by atoms with van der Waals surface area (Å²) in [5.74, 6) is -1.49. The first-order valence-electron chi connectivity index (χ1n) is 13.3. The second-order valence-corrected chi connectivity index (χ2v) is 12.7. The highest BCUT2D eigenvalue weighted by atomic mass is 32.2. The average Bonchev–Trinajstić information content (AvgIpc) is 3.54. The quantitative estimate of drug-likeness (QED) is 0.409. The molecule has 13 nitrogen and oxygen atoms in total. The Kier molecular flexibility index (Phi) is 7.78. The van der Waals surface area contributed by atoms with Crippen LogP contribution in [0.5, 0.6) is 0 Å². The van der Waals surface area contributed by atoms with E-state index < -0.39 is 40.0 Å². The number of tetrazole rings is 1. The lowest BCUT2D eigenvalue weighted by molar-refractivity contribution is -0.143. The van der Waals surface area contributed by atoms with Gasteiger partial charge in [0.05, 0.1) is 18.3 Å². The molecule has 2 aliphatic heterocycles. The molecular formula is C25H34N8O5S. The number of nitrogens with one attached hydrogen (secondary N) is 1. The molecule has 1 unspecified atom stereocenters. The Balaban J connectivity index is 1.29. The molecule has 0 bridgehead atoms. The molecule has 1 aliphatic carbocycles. The number of hydrogen-bond acceptors (Lipinski definition) is 9. The molecule has 3 aliphatic rings. The van der Waals surface area contributed by atoms with Crippen LogP contribution in [-0.4, -0.2) is 92.7 Å². The van der Waals surface area contributed by atoms with Crippen LogP contribution in [0.3, 0.4) is 0 Å². The van der Waals surface area contributed by atoms with Crippen molar-refractivity contribution < 1.29 is 22.8 Å². The van der Waals surface area contributed by atoms with Gasteiger partial charge in [0.25, 0.3) is 0 Å². The van der Waals surface area contributed by atoms with Crippen molar-refractivity contribution in [1.82, 2.24) is 34.7 Å². The van der Waals surface area contributed by atoms with Crippen LogP contribution >= 0.6 is 0 Å². The summed E-state index contributed by atoms with van der Waals surface area (Å²) in [6, 6.07) is 6.86. The van der Waals surface area contributed by atoms with Gasteiger partial charge in [-0.3, -0.25) is 14.4 Å².